The van der Waals surface area contributed by atoms with E-state index in [1.54, 1.807) is 23.9 Å². The number of carbonyl (C=O) groups is 2. The number of hydrazine groups is 1. The summed E-state index contributed by atoms with van der Waals surface area (Å²) in [5.74, 6) is -0.645. The summed E-state index contributed by atoms with van der Waals surface area (Å²) < 4.78 is 0. The molecule has 0 radical (unpaired) electrons. The van der Waals surface area contributed by atoms with Crippen LogP contribution in [-0.2, 0) is 5.75 Å². The van der Waals surface area contributed by atoms with Crippen molar-refractivity contribution in [2.45, 2.75) is 10.9 Å². The standard InChI is InChI=1S/C22H17N5O4S/c28-20(25-26-21(29)16-5-1-4-8-19(16)27(30)31)15-11-9-14(10-12-15)13-32-22-23-17-6-2-3-7-18(17)24-22/h1-12H,13H2,(H,23,24)(H,25,28)(H,26,29). The van der Waals surface area contributed by atoms with E-state index in [1.807, 2.05) is 36.4 Å². The number of aromatic nitrogens is 2. The first kappa shape index (κ1) is 21.1. The number of imidazole rings is 1. The Hall–Kier alpha value is -4.18. The Morgan fingerprint density at radius 2 is 1.62 bits per heavy atom. The van der Waals surface area contributed by atoms with E-state index in [4.69, 9.17) is 0 Å². The van der Waals surface area contributed by atoms with Crippen LogP contribution in [0.1, 0.15) is 26.3 Å². The van der Waals surface area contributed by atoms with Gasteiger partial charge >= 0.3 is 0 Å². The second-order valence-corrected chi connectivity index (χ2v) is 7.69. The van der Waals surface area contributed by atoms with Gasteiger partial charge in [0.2, 0.25) is 0 Å². The van der Waals surface area contributed by atoms with Crippen molar-refractivity contribution in [3.63, 3.8) is 0 Å². The monoisotopic (exact) mass is 447 g/mol. The summed E-state index contributed by atoms with van der Waals surface area (Å²) in [4.78, 5) is 42.7. The average Bonchev–Trinajstić information content (AvgIpc) is 3.24. The highest BCUT2D eigenvalue weighted by molar-refractivity contribution is 7.98. The Bertz CT molecular complexity index is 1270. The van der Waals surface area contributed by atoms with Gasteiger partial charge in [-0.2, -0.15) is 0 Å². The fourth-order valence-corrected chi connectivity index (χ4v) is 3.82. The number of H-pyrrole nitrogens is 1. The average molecular weight is 447 g/mol. The van der Waals surface area contributed by atoms with Gasteiger partial charge in [0, 0.05) is 17.4 Å². The van der Waals surface area contributed by atoms with E-state index < -0.39 is 16.7 Å². The molecule has 0 saturated carbocycles. The molecule has 3 N–H and O–H groups in total. The lowest BCUT2D eigenvalue weighted by atomic mass is 10.1. The number of aromatic amines is 1. The van der Waals surface area contributed by atoms with Crippen molar-refractivity contribution in [1.29, 1.82) is 0 Å². The van der Waals surface area contributed by atoms with Gasteiger partial charge < -0.3 is 4.98 Å². The molecule has 0 aliphatic rings. The van der Waals surface area contributed by atoms with E-state index in [9.17, 15) is 19.7 Å². The zero-order valence-electron chi connectivity index (χ0n) is 16.6. The predicted molar refractivity (Wildman–Crippen MR) is 120 cm³/mol. The molecular weight excluding hydrogens is 430 g/mol. The van der Waals surface area contributed by atoms with Crippen molar-refractivity contribution in [1.82, 2.24) is 20.8 Å². The lowest BCUT2D eigenvalue weighted by Crippen LogP contribution is -2.41. The number of benzene rings is 3. The maximum atomic E-state index is 12.3. The third-order valence-electron chi connectivity index (χ3n) is 4.59. The van der Waals surface area contributed by atoms with Crippen LogP contribution in [0.3, 0.4) is 0 Å². The molecule has 32 heavy (non-hydrogen) atoms. The fraction of sp³-hybridized carbons (Fsp3) is 0.0455. The van der Waals surface area contributed by atoms with Crippen molar-refractivity contribution in [3.05, 3.63) is 99.6 Å². The zero-order valence-corrected chi connectivity index (χ0v) is 17.4. The molecule has 0 fully saturated rings. The number of carbonyl (C=O) groups excluding carboxylic acids is 2. The van der Waals surface area contributed by atoms with Crippen LogP contribution in [0, 0.1) is 10.1 Å². The minimum absolute atomic E-state index is 0.143. The first-order chi connectivity index (χ1) is 15.5. The van der Waals surface area contributed by atoms with E-state index in [1.165, 1.54) is 24.3 Å². The molecule has 3 aromatic carbocycles. The Morgan fingerprint density at radius 1 is 0.938 bits per heavy atom. The second kappa shape index (κ2) is 9.31. The van der Waals surface area contributed by atoms with Gasteiger partial charge in [-0.1, -0.05) is 48.2 Å². The summed E-state index contributed by atoms with van der Waals surface area (Å²) in [5, 5.41) is 11.8. The fourth-order valence-electron chi connectivity index (χ4n) is 2.98. The number of nitro groups is 1. The van der Waals surface area contributed by atoms with Crippen LogP contribution in [0.2, 0.25) is 0 Å². The number of hydrogen-bond acceptors (Lipinski definition) is 6. The minimum atomic E-state index is -0.774. The predicted octanol–water partition coefficient (Wildman–Crippen LogP) is 3.84. The number of nitrogens with zero attached hydrogens (tertiary/aromatic N) is 2. The van der Waals surface area contributed by atoms with Crippen molar-refractivity contribution < 1.29 is 14.5 Å². The second-order valence-electron chi connectivity index (χ2n) is 6.73. The number of nitro benzene ring substituents is 1. The van der Waals surface area contributed by atoms with Crippen molar-refractivity contribution in [2.75, 3.05) is 0 Å². The lowest BCUT2D eigenvalue weighted by Gasteiger charge is -2.08. The lowest BCUT2D eigenvalue weighted by molar-refractivity contribution is -0.385. The largest absolute Gasteiger partial charge is 0.333 e. The number of rotatable bonds is 6. The normalized spacial score (nSPS) is 10.6. The number of fused-ring (bicyclic) bond motifs is 1. The maximum Gasteiger partial charge on any atom is 0.282 e. The molecule has 160 valence electrons. The summed E-state index contributed by atoms with van der Waals surface area (Å²) >= 11 is 1.55. The van der Waals surface area contributed by atoms with E-state index >= 15 is 0 Å². The molecule has 0 spiro atoms. The van der Waals surface area contributed by atoms with Crippen LogP contribution in [-0.4, -0.2) is 26.7 Å². The molecule has 1 aromatic heterocycles. The minimum Gasteiger partial charge on any atom is -0.333 e. The molecule has 9 nitrogen and oxygen atoms in total. The topological polar surface area (TPSA) is 130 Å². The van der Waals surface area contributed by atoms with Gasteiger partial charge in [0.05, 0.1) is 16.0 Å². The van der Waals surface area contributed by atoms with Crippen LogP contribution in [0.15, 0.2) is 78.0 Å². The highest BCUT2D eigenvalue weighted by atomic mass is 32.2. The molecule has 1 heterocycles. The van der Waals surface area contributed by atoms with E-state index in [0.29, 0.717) is 11.3 Å². The van der Waals surface area contributed by atoms with Crippen LogP contribution < -0.4 is 10.9 Å². The van der Waals surface area contributed by atoms with Crippen LogP contribution in [0.5, 0.6) is 0 Å². The molecule has 0 unspecified atom stereocenters. The molecule has 0 saturated heterocycles. The van der Waals surface area contributed by atoms with Crippen LogP contribution >= 0.6 is 11.8 Å². The van der Waals surface area contributed by atoms with Crippen molar-refractivity contribution in [3.8, 4) is 0 Å². The maximum absolute atomic E-state index is 12.3. The van der Waals surface area contributed by atoms with Gasteiger partial charge in [0.25, 0.3) is 17.5 Å². The highest BCUT2D eigenvalue weighted by Gasteiger charge is 2.19. The first-order valence-corrected chi connectivity index (χ1v) is 10.5. The Morgan fingerprint density at radius 3 is 2.38 bits per heavy atom. The zero-order chi connectivity index (χ0) is 22.5. The molecule has 4 aromatic rings. The van der Waals surface area contributed by atoms with E-state index in [0.717, 1.165) is 21.8 Å². The molecule has 10 heteroatoms. The molecule has 0 bridgehead atoms. The first-order valence-electron chi connectivity index (χ1n) is 9.52. The van der Waals surface area contributed by atoms with Gasteiger partial charge in [-0.25, -0.2) is 4.98 Å². The van der Waals surface area contributed by atoms with Crippen LogP contribution in [0.4, 0.5) is 5.69 Å². The van der Waals surface area contributed by atoms with Gasteiger partial charge in [0.1, 0.15) is 5.56 Å². The SMILES string of the molecule is O=C(NNC(=O)c1ccccc1[N+](=O)[O-])c1ccc(CSc2nc3ccccc3[nH]2)cc1. The number of thioether (sulfide) groups is 1. The molecular formula is C22H17N5O4S. The summed E-state index contributed by atoms with van der Waals surface area (Å²) in [6, 6.07) is 20.2. The third kappa shape index (κ3) is 4.76. The summed E-state index contributed by atoms with van der Waals surface area (Å²) in [7, 11) is 0. The van der Waals surface area contributed by atoms with Crippen molar-refractivity contribution in [2.24, 2.45) is 0 Å². The number of amides is 2. The molecule has 2 amide bonds. The van der Waals surface area contributed by atoms with E-state index in [2.05, 4.69) is 20.8 Å². The smallest absolute Gasteiger partial charge is 0.282 e. The van der Waals surface area contributed by atoms with Crippen LogP contribution in [0.25, 0.3) is 11.0 Å². The Labute approximate surface area is 186 Å². The Balaban J connectivity index is 1.33. The van der Waals surface area contributed by atoms with E-state index in [-0.39, 0.29) is 11.3 Å². The van der Waals surface area contributed by atoms with Gasteiger partial charge in [-0.3, -0.25) is 30.6 Å². The van der Waals surface area contributed by atoms with Gasteiger partial charge in [-0.15, -0.1) is 0 Å². The summed E-state index contributed by atoms with van der Waals surface area (Å²) in [6.07, 6.45) is 0. The molecule has 4 rings (SSSR count). The highest BCUT2D eigenvalue weighted by Crippen LogP contribution is 2.23. The number of para-hydroxylation sites is 3. The number of nitrogens with one attached hydrogen (secondary N) is 3. The molecule has 0 aliphatic heterocycles. The summed E-state index contributed by atoms with van der Waals surface area (Å²) in [6.45, 7) is 0. The summed E-state index contributed by atoms with van der Waals surface area (Å²) in [5.41, 5.74) is 7.22. The Kier molecular flexibility index (Phi) is 6.13. The van der Waals surface area contributed by atoms with Gasteiger partial charge in [0.15, 0.2) is 5.16 Å². The quantitative estimate of drug-likeness (QED) is 0.234. The number of hydrogen-bond donors (Lipinski definition) is 3. The molecule has 0 aliphatic carbocycles. The van der Waals surface area contributed by atoms with Gasteiger partial charge in [-0.05, 0) is 35.9 Å². The van der Waals surface area contributed by atoms with Crippen molar-refractivity contribution >= 4 is 40.3 Å². The molecule has 0 atom stereocenters. The third-order valence-corrected chi connectivity index (χ3v) is 5.54.